The number of benzene rings is 1. The van der Waals surface area contributed by atoms with E-state index in [1.54, 1.807) is 25.3 Å². The highest BCUT2D eigenvalue weighted by Gasteiger charge is 2.12. The molecule has 0 spiro atoms. The lowest BCUT2D eigenvalue weighted by Crippen LogP contribution is -2.23. The number of rotatable bonds is 9. The van der Waals surface area contributed by atoms with Gasteiger partial charge in [0.05, 0.1) is 12.7 Å². The predicted octanol–water partition coefficient (Wildman–Crippen LogP) is 3.27. The van der Waals surface area contributed by atoms with Crippen LogP contribution in [0.3, 0.4) is 0 Å². The summed E-state index contributed by atoms with van der Waals surface area (Å²) in [6.07, 6.45) is 2.17. The SMILES string of the molecule is CCN(CC)CCCCSC(=O)c1ccc(N)cc1OC. The first-order valence-corrected chi connectivity index (χ1v) is 8.43. The molecule has 0 saturated heterocycles. The number of anilines is 1. The number of carbonyl (C=O) groups is 1. The van der Waals surface area contributed by atoms with Gasteiger partial charge in [-0.3, -0.25) is 4.79 Å². The maximum atomic E-state index is 12.2. The standard InChI is InChI=1S/C16H26N2O2S/c1-4-18(5-2)10-6-7-11-21-16(19)14-9-8-13(17)12-15(14)20-3/h8-9,12H,4-7,10-11,17H2,1-3H3. The Bertz CT molecular complexity index is 448. The van der Waals surface area contributed by atoms with Gasteiger partial charge in [0.25, 0.3) is 0 Å². The number of nitrogens with zero attached hydrogens (tertiary/aromatic N) is 1. The van der Waals surface area contributed by atoms with Crippen molar-refractivity contribution in [3.63, 3.8) is 0 Å². The molecule has 0 atom stereocenters. The van der Waals surface area contributed by atoms with Crippen molar-refractivity contribution in [3.05, 3.63) is 23.8 Å². The Kier molecular flexibility index (Phi) is 8.23. The Morgan fingerprint density at radius 2 is 2.00 bits per heavy atom. The lowest BCUT2D eigenvalue weighted by molar-refractivity contribution is 0.108. The summed E-state index contributed by atoms with van der Waals surface area (Å²) in [6.45, 7) is 7.63. The molecular weight excluding hydrogens is 284 g/mol. The molecule has 1 aromatic rings. The van der Waals surface area contributed by atoms with Crippen LogP contribution in [0.4, 0.5) is 5.69 Å². The van der Waals surface area contributed by atoms with Crippen molar-refractivity contribution in [2.24, 2.45) is 0 Å². The van der Waals surface area contributed by atoms with Crippen molar-refractivity contribution in [3.8, 4) is 5.75 Å². The number of thioether (sulfide) groups is 1. The number of ether oxygens (including phenoxy) is 1. The van der Waals surface area contributed by atoms with Gasteiger partial charge in [0.1, 0.15) is 5.75 Å². The molecule has 0 aliphatic heterocycles. The Morgan fingerprint density at radius 1 is 1.29 bits per heavy atom. The first-order valence-electron chi connectivity index (χ1n) is 7.45. The highest BCUT2D eigenvalue weighted by Crippen LogP contribution is 2.26. The molecule has 2 N–H and O–H groups in total. The lowest BCUT2D eigenvalue weighted by atomic mass is 10.2. The van der Waals surface area contributed by atoms with Crippen molar-refractivity contribution < 1.29 is 9.53 Å². The Balaban J connectivity index is 2.37. The molecule has 0 bridgehead atoms. The molecule has 0 saturated carbocycles. The van der Waals surface area contributed by atoms with Crippen molar-refractivity contribution in [2.45, 2.75) is 26.7 Å². The van der Waals surface area contributed by atoms with Gasteiger partial charge < -0.3 is 15.4 Å². The lowest BCUT2D eigenvalue weighted by Gasteiger charge is -2.17. The first kappa shape index (κ1) is 17.9. The molecule has 118 valence electrons. The minimum atomic E-state index is 0.0506. The van der Waals surface area contributed by atoms with E-state index in [0.717, 1.165) is 38.2 Å². The van der Waals surface area contributed by atoms with Crippen LogP contribution in [0.15, 0.2) is 18.2 Å². The van der Waals surface area contributed by atoms with Gasteiger partial charge in [-0.05, 0) is 44.6 Å². The fourth-order valence-electron chi connectivity index (χ4n) is 2.10. The van der Waals surface area contributed by atoms with Crippen LogP contribution < -0.4 is 10.5 Å². The molecule has 0 aromatic heterocycles. The molecular formula is C16H26N2O2S. The van der Waals surface area contributed by atoms with Crippen LogP contribution in [0.5, 0.6) is 5.75 Å². The van der Waals surface area contributed by atoms with Crippen molar-refractivity contribution in [1.82, 2.24) is 4.90 Å². The van der Waals surface area contributed by atoms with Crippen LogP contribution in [0.1, 0.15) is 37.0 Å². The maximum absolute atomic E-state index is 12.2. The largest absolute Gasteiger partial charge is 0.496 e. The van der Waals surface area contributed by atoms with Crippen LogP contribution in [-0.2, 0) is 0 Å². The first-order chi connectivity index (χ1) is 10.1. The fourth-order valence-corrected chi connectivity index (χ4v) is 2.95. The summed E-state index contributed by atoms with van der Waals surface area (Å²) in [4.78, 5) is 14.6. The van der Waals surface area contributed by atoms with E-state index >= 15 is 0 Å². The minimum Gasteiger partial charge on any atom is -0.496 e. The summed E-state index contributed by atoms with van der Waals surface area (Å²) in [5, 5.41) is 0.0506. The van der Waals surface area contributed by atoms with Gasteiger partial charge in [-0.2, -0.15) is 0 Å². The zero-order valence-electron chi connectivity index (χ0n) is 13.2. The second-order valence-corrected chi connectivity index (χ2v) is 5.90. The van der Waals surface area contributed by atoms with Crippen LogP contribution in [0.25, 0.3) is 0 Å². The topological polar surface area (TPSA) is 55.6 Å². The van der Waals surface area contributed by atoms with Gasteiger partial charge in [-0.15, -0.1) is 0 Å². The number of hydrogen-bond donors (Lipinski definition) is 1. The molecule has 0 radical (unpaired) electrons. The summed E-state index contributed by atoms with van der Waals surface area (Å²) >= 11 is 1.35. The average molecular weight is 310 g/mol. The highest BCUT2D eigenvalue weighted by molar-refractivity contribution is 8.14. The third-order valence-corrected chi connectivity index (χ3v) is 4.42. The average Bonchev–Trinajstić information content (AvgIpc) is 2.50. The van der Waals surface area contributed by atoms with Gasteiger partial charge in [-0.25, -0.2) is 0 Å². The van der Waals surface area contributed by atoms with E-state index in [-0.39, 0.29) is 5.12 Å². The van der Waals surface area contributed by atoms with E-state index in [0.29, 0.717) is 17.0 Å². The van der Waals surface area contributed by atoms with Crippen LogP contribution in [-0.4, -0.2) is 42.5 Å². The summed E-state index contributed by atoms with van der Waals surface area (Å²) in [5.41, 5.74) is 6.90. The molecule has 0 aliphatic rings. The third-order valence-electron chi connectivity index (χ3n) is 3.44. The molecule has 4 nitrogen and oxygen atoms in total. The second kappa shape index (κ2) is 9.68. The zero-order chi connectivity index (χ0) is 15.7. The number of unbranched alkanes of at least 4 members (excludes halogenated alkanes) is 1. The normalized spacial score (nSPS) is 10.9. The number of nitrogen functional groups attached to an aromatic ring is 1. The predicted molar refractivity (Wildman–Crippen MR) is 91.2 cm³/mol. The summed E-state index contributed by atoms with van der Waals surface area (Å²) < 4.78 is 5.21. The van der Waals surface area contributed by atoms with Gasteiger partial charge in [0.15, 0.2) is 0 Å². The molecule has 0 fully saturated rings. The molecule has 0 amide bonds. The van der Waals surface area contributed by atoms with Crippen molar-refractivity contribution >= 4 is 22.6 Å². The number of nitrogens with two attached hydrogens (primary N) is 1. The quantitative estimate of drug-likeness (QED) is 0.560. The van der Waals surface area contributed by atoms with E-state index in [2.05, 4.69) is 18.7 Å². The number of hydrogen-bond acceptors (Lipinski definition) is 5. The minimum absolute atomic E-state index is 0.0506. The molecule has 1 rings (SSSR count). The van der Waals surface area contributed by atoms with Gasteiger partial charge in [0.2, 0.25) is 5.12 Å². The van der Waals surface area contributed by atoms with Gasteiger partial charge in [0, 0.05) is 17.5 Å². The Morgan fingerprint density at radius 3 is 2.62 bits per heavy atom. The molecule has 0 unspecified atom stereocenters. The third kappa shape index (κ3) is 5.98. The molecule has 1 aromatic carbocycles. The smallest absolute Gasteiger partial charge is 0.223 e. The van der Waals surface area contributed by atoms with Crippen molar-refractivity contribution in [2.75, 3.05) is 38.2 Å². The van der Waals surface area contributed by atoms with Crippen LogP contribution in [0, 0.1) is 0 Å². The highest BCUT2D eigenvalue weighted by atomic mass is 32.2. The van der Waals surface area contributed by atoms with E-state index < -0.39 is 0 Å². The summed E-state index contributed by atoms with van der Waals surface area (Å²) in [5.74, 6) is 1.39. The second-order valence-electron chi connectivity index (χ2n) is 4.83. The molecule has 0 heterocycles. The zero-order valence-corrected chi connectivity index (χ0v) is 14.0. The summed E-state index contributed by atoms with van der Waals surface area (Å²) in [7, 11) is 1.56. The van der Waals surface area contributed by atoms with E-state index in [1.165, 1.54) is 11.8 Å². The van der Waals surface area contributed by atoms with Crippen LogP contribution >= 0.6 is 11.8 Å². The molecule has 0 aliphatic carbocycles. The Hall–Kier alpha value is -1.20. The maximum Gasteiger partial charge on any atom is 0.223 e. The molecule has 5 heteroatoms. The summed E-state index contributed by atoms with van der Waals surface area (Å²) in [6, 6.07) is 5.16. The van der Waals surface area contributed by atoms with Crippen LogP contribution in [0.2, 0.25) is 0 Å². The number of methoxy groups -OCH3 is 1. The monoisotopic (exact) mass is 310 g/mol. The van der Waals surface area contributed by atoms with E-state index in [4.69, 9.17) is 10.5 Å². The van der Waals surface area contributed by atoms with Gasteiger partial charge >= 0.3 is 0 Å². The molecule has 21 heavy (non-hydrogen) atoms. The fraction of sp³-hybridized carbons (Fsp3) is 0.562. The number of carbonyl (C=O) groups excluding carboxylic acids is 1. The Labute approximate surface area is 132 Å². The van der Waals surface area contributed by atoms with Crippen molar-refractivity contribution in [1.29, 1.82) is 0 Å². The van der Waals surface area contributed by atoms with E-state index in [9.17, 15) is 4.79 Å². The van der Waals surface area contributed by atoms with Gasteiger partial charge in [-0.1, -0.05) is 25.6 Å². The van der Waals surface area contributed by atoms with E-state index in [1.807, 2.05) is 0 Å².